The van der Waals surface area contributed by atoms with Crippen LogP contribution in [0.15, 0.2) is 32.4 Å². The van der Waals surface area contributed by atoms with Crippen LogP contribution in [0.3, 0.4) is 0 Å². The van der Waals surface area contributed by atoms with Crippen LogP contribution in [0.1, 0.15) is 31.4 Å². The molecule has 13 nitrogen and oxygen atoms in total. The van der Waals surface area contributed by atoms with E-state index in [9.17, 15) is 19.5 Å². The van der Waals surface area contributed by atoms with Crippen molar-refractivity contribution in [3.8, 4) is 0 Å². The molecule has 1 aliphatic carbocycles. The van der Waals surface area contributed by atoms with Crippen molar-refractivity contribution in [1.29, 1.82) is 0 Å². The third-order valence-corrected chi connectivity index (χ3v) is 10.1. The smallest absolute Gasteiger partial charge is 0.353 e. The average Bonchev–Trinajstić information content (AvgIpc) is 3.66. The van der Waals surface area contributed by atoms with Crippen molar-refractivity contribution in [2.24, 2.45) is 5.16 Å². The number of amides is 2. The van der Waals surface area contributed by atoms with Crippen molar-refractivity contribution < 1.29 is 24.3 Å². The maximum atomic E-state index is 13.2. The van der Waals surface area contributed by atoms with Gasteiger partial charge in [0.05, 0.1) is 11.3 Å². The Morgan fingerprint density at radius 3 is 2.84 bits per heavy atom. The summed E-state index contributed by atoms with van der Waals surface area (Å²) in [4.78, 5) is 49.9. The molecule has 2 atom stereocenters. The number of nitrogens with zero attached hydrogens (tertiary/aromatic N) is 5. The number of aromatic nitrogens is 4. The topological polar surface area (TPSA) is 189 Å². The first-order chi connectivity index (χ1) is 17.9. The van der Waals surface area contributed by atoms with Crippen molar-refractivity contribution in [3.63, 3.8) is 0 Å². The molecule has 0 bridgehead atoms. The number of carboxylic acids is 1. The molecule has 0 radical (unpaired) electrons. The first kappa shape index (κ1) is 25.9. The molecule has 17 heteroatoms. The number of oxime groups is 1. The van der Waals surface area contributed by atoms with Crippen molar-refractivity contribution in [3.05, 3.63) is 27.9 Å². The molecule has 5 rings (SSSR count). The number of rotatable bonds is 10. The highest BCUT2D eigenvalue weighted by Gasteiger charge is 2.54. The molecule has 2 fully saturated rings. The van der Waals surface area contributed by atoms with Gasteiger partial charge in [0.25, 0.3) is 11.8 Å². The second-order valence-electron chi connectivity index (χ2n) is 8.18. The number of nitrogens with one attached hydrogen (secondary N) is 2. The van der Waals surface area contributed by atoms with Gasteiger partial charge in [0.1, 0.15) is 33.9 Å². The molecule has 2 aliphatic heterocycles. The first-order valence-corrected chi connectivity index (χ1v) is 15.1. The molecule has 2 amide bonds. The van der Waals surface area contributed by atoms with Crippen LogP contribution in [0.2, 0.25) is 0 Å². The maximum absolute atomic E-state index is 13.2. The Bertz CT molecular complexity index is 1240. The Morgan fingerprint density at radius 1 is 1.35 bits per heavy atom. The Labute approximate surface area is 227 Å². The van der Waals surface area contributed by atoms with Gasteiger partial charge in [0, 0.05) is 16.0 Å². The summed E-state index contributed by atoms with van der Waals surface area (Å²) in [5, 5.41) is 29.4. The minimum absolute atomic E-state index is 0.0595. The number of nitrogen functional groups attached to an aromatic ring is 1. The van der Waals surface area contributed by atoms with Gasteiger partial charge >= 0.3 is 5.97 Å². The molecule has 2 aromatic heterocycles. The number of aliphatic carboxylic acids is 1. The van der Waals surface area contributed by atoms with E-state index in [0.717, 1.165) is 37.0 Å². The predicted octanol–water partition coefficient (Wildman–Crippen LogP) is 1.69. The molecular formula is C20H22N8O5S4. The van der Waals surface area contributed by atoms with E-state index in [1.54, 1.807) is 11.6 Å². The molecular weight excluding hydrogens is 561 g/mol. The zero-order chi connectivity index (χ0) is 25.9. The van der Waals surface area contributed by atoms with E-state index in [2.05, 4.69) is 30.9 Å². The number of H-pyrrole nitrogens is 1. The molecule has 1 saturated carbocycles. The predicted molar refractivity (Wildman–Crippen MR) is 141 cm³/mol. The van der Waals surface area contributed by atoms with Gasteiger partial charge < -0.3 is 21.0 Å². The molecule has 37 heavy (non-hydrogen) atoms. The lowest BCUT2D eigenvalue weighted by Gasteiger charge is -2.49. The summed E-state index contributed by atoms with van der Waals surface area (Å²) in [5.41, 5.74) is 5.87. The maximum Gasteiger partial charge on any atom is 0.353 e. The molecule has 0 unspecified atom stereocenters. The minimum atomic E-state index is -1.19. The van der Waals surface area contributed by atoms with Crippen LogP contribution < -0.4 is 11.1 Å². The van der Waals surface area contributed by atoms with Crippen LogP contribution in [-0.4, -0.2) is 82.3 Å². The quantitative estimate of drug-likeness (QED) is 0.104. The number of thioether (sulfide) groups is 3. The summed E-state index contributed by atoms with van der Waals surface area (Å²) < 4.78 is 0. The largest absolute Gasteiger partial charge is 0.477 e. The molecule has 3 aliphatic rings. The highest BCUT2D eigenvalue weighted by molar-refractivity contribution is 8.18. The second-order valence-corrected chi connectivity index (χ2v) is 12.6. The third kappa shape index (κ3) is 5.58. The number of carbonyl (C=O) groups excluding carboxylic acids is 2. The lowest BCUT2D eigenvalue weighted by Crippen LogP contribution is -2.71. The van der Waals surface area contributed by atoms with Gasteiger partial charge in [-0.3, -0.25) is 14.5 Å². The van der Waals surface area contributed by atoms with E-state index in [-0.39, 0.29) is 28.3 Å². The molecule has 1 saturated heterocycles. The zero-order valence-corrected chi connectivity index (χ0v) is 22.4. The number of nitrogens with two attached hydrogens (primary N) is 1. The number of thiazole rings is 1. The zero-order valence-electron chi connectivity index (χ0n) is 19.2. The number of hydrogen-bond donors (Lipinski definition) is 4. The SMILES string of the molecule is Nc1nc(/C(=N/OC2CCCC2)C(=O)N[C@@H]2C(=O)N3C(C(=O)O)=C(SCSc4cn[nH]n4)CS[C@H]23)cs1. The minimum Gasteiger partial charge on any atom is -0.477 e. The van der Waals surface area contributed by atoms with E-state index in [1.807, 2.05) is 0 Å². The lowest BCUT2D eigenvalue weighted by molar-refractivity contribution is -0.150. The number of fused-ring (bicyclic) bond motifs is 1. The van der Waals surface area contributed by atoms with Gasteiger partial charge in [-0.2, -0.15) is 10.3 Å². The van der Waals surface area contributed by atoms with Crippen molar-refractivity contribution in [2.75, 3.05) is 16.6 Å². The molecule has 0 aromatic carbocycles. The monoisotopic (exact) mass is 582 g/mol. The van der Waals surface area contributed by atoms with Crippen molar-refractivity contribution in [2.45, 2.75) is 48.2 Å². The van der Waals surface area contributed by atoms with E-state index < -0.39 is 29.2 Å². The summed E-state index contributed by atoms with van der Waals surface area (Å²) >= 11 is 5.29. The lowest BCUT2D eigenvalue weighted by atomic mass is 10.0. The molecule has 196 valence electrons. The van der Waals surface area contributed by atoms with E-state index >= 15 is 0 Å². The van der Waals surface area contributed by atoms with Crippen LogP contribution in [-0.2, 0) is 19.2 Å². The van der Waals surface area contributed by atoms with Crippen LogP contribution in [0.25, 0.3) is 0 Å². The highest BCUT2D eigenvalue weighted by atomic mass is 32.2. The first-order valence-electron chi connectivity index (χ1n) is 11.2. The van der Waals surface area contributed by atoms with Crippen molar-refractivity contribution in [1.82, 2.24) is 30.6 Å². The van der Waals surface area contributed by atoms with Gasteiger partial charge in [0.2, 0.25) is 0 Å². The number of carboxylic acid groups (broad SMARTS) is 1. The van der Waals surface area contributed by atoms with Crippen LogP contribution in [0, 0.1) is 0 Å². The fraction of sp³-hybridized carbons (Fsp3) is 0.450. The molecule has 4 heterocycles. The normalized spacial score (nSPS) is 22.1. The number of carbonyl (C=O) groups is 3. The molecule has 0 spiro atoms. The summed E-state index contributed by atoms with van der Waals surface area (Å²) in [6.45, 7) is 0. The Kier molecular flexibility index (Phi) is 7.92. The van der Waals surface area contributed by atoms with Crippen LogP contribution >= 0.6 is 46.6 Å². The van der Waals surface area contributed by atoms with Gasteiger partial charge in [-0.25, -0.2) is 9.78 Å². The molecule has 2 aromatic rings. The fourth-order valence-corrected chi connectivity index (χ4v) is 8.18. The summed E-state index contributed by atoms with van der Waals surface area (Å²) in [6, 6.07) is -0.907. The van der Waals surface area contributed by atoms with E-state index in [0.29, 0.717) is 20.8 Å². The van der Waals surface area contributed by atoms with Gasteiger partial charge in [-0.1, -0.05) is 16.9 Å². The number of aromatic amines is 1. The van der Waals surface area contributed by atoms with E-state index in [4.69, 9.17) is 10.6 Å². The fourth-order valence-electron chi connectivity index (χ4n) is 4.05. The second kappa shape index (κ2) is 11.3. The summed E-state index contributed by atoms with van der Waals surface area (Å²) in [7, 11) is 0. The highest BCUT2D eigenvalue weighted by Crippen LogP contribution is 2.44. The summed E-state index contributed by atoms with van der Waals surface area (Å²) in [5.74, 6) is -1.94. The van der Waals surface area contributed by atoms with Crippen LogP contribution in [0.5, 0.6) is 0 Å². The third-order valence-electron chi connectivity index (χ3n) is 5.83. The number of β-lactam (4-membered cyclic amide) rings is 1. The Balaban J connectivity index is 1.27. The van der Waals surface area contributed by atoms with Crippen molar-refractivity contribution >= 4 is 75.2 Å². The average molecular weight is 583 g/mol. The standard InChI is InChI=1S/C20H22N8O5S4/c21-20-23-10(6-35-20)13(26-33-9-3-1-2-4-9)16(29)24-14-17(30)28-15(19(31)32)11(7-34-18(14)28)36-8-37-12-5-22-27-25-12/h5-6,9,14,18H,1-4,7-8H2,(H2,21,23)(H,24,29)(H,31,32)(H,22,25,27)/b26-13-/t14-,18-/m1/s1. The van der Waals surface area contributed by atoms with E-state index in [1.165, 1.54) is 40.2 Å². The molecule has 5 N–H and O–H groups in total. The van der Waals surface area contributed by atoms with Gasteiger partial charge in [-0.05, 0) is 25.7 Å². The number of hydrogen-bond acceptors (Lipinski definition) is 13. The summed E-state index contributed by atoms with van der Waals surface area (Å²) in [6.07, 6.45) is 5.29. The van der Waals surface area contributed by atoms with Gasteiger partial charge in [0.15, 0.2) is 10.8 Å². The van der Waals surface area contributed by atoms with Crippen LogP contribution in [0.4, 0.5) is 5.13 Å². The Hall–Kier alpha value is -2.76. The number of anilines is 1. The van der Waals surface area contributed by atoms with Gasteiger partial charge in [-0.15, -0.1) is 40.0 Å². The Morgan fingerprint density at radius 2 is 2.16 bits per heavy atom.